The predicted octanol–water partition coefficient (Wildman–Crippen LogP) is 4.08. The van der Waals surface area contributed by atoms with Crippen LogP contribution in [0.4, 0.5) is 0 Å². The van der Waals surface area contributed by atoms with Gasteiger partial charge in [-0.15, -0.1) is 0 Å². The number of methoxy groups -OCH3 is 2. The second-order valence-electron chi connectivity index (χ2n) is 5.79. The molecular weight excluding hydrogens is 332 g/mol. The summed E-state index contributed by atoms with van der Waals surface area (Å²) in [7, 11) is 6.35. The molecule has 0 aromatic heterocycles. The maximum Gasteiger partial charge on any atom is 0.161 e. The molecule has 1 aliphatic rings. The Bertz CT molecular complexity index is 708. The smallest absolute Gasteiger partial charge is 0.161 e. The Balaban J connectivity index is 2.15. The van der Waals surface area contributed by atoms with Crippen molar-refractivity contribution in [1.29, 1.82) is 0 Å². The van der Waals surface area contributed by atoms with E-state index in [1.54, 1.807) is 28.4 Å². The van der Waals surface area contributed by atoms with E-state index in [1.165, 1.54) is 0 Å². The number of allylic oxidation sites excluding steroid dienone is 3. The lowest BCUT2D eigenvalue weighted by molar-refractivity contribution is 0.209. The highest BCUT2D eigenvalue weighted by atomic mass is 16.6. The molecule has 6 nitrogen and oxygen atoms in total. The molecule has 0 saturated carbocycles. The average molecular weight is 358 g/mol. The van der Waals surface area contributed by atoms with Crippen LogP contribution >= 0.6 is 0 Å². The van der Waals surface area contributed by atoms with Crippen molar-refractivity contribution in [2.45, 2.75) is 19.3 Å². The highest BCUT2D eigenvalue weighted by Crippen LogP contribution is 2.28. The van der Waals surface area contributed by atoms with Gasteiger partial charge in [-0.2, -0.15) is 0 Å². The van der Waals surface area contributed by atoms with Gasteiger partial charge in [0, 0.05) is 12.3 Å². The van der Waals surface area contributed by atoms with Crippen molar-refractivity contribution < 1.29 is 19.1 Å². The maximum atomic E-state index is 5.34. The topological polar surface area (TPSA) is 61.6 Å². The SMILES string of the molecule is CO/N=C(\C=C\c1ccc(OC)c(OC)c1)CC1CCC=C/C1=N\OC. The minimum atomic E-state index is 0.254. The normalized spacial score (nSPS) is 19.0. The Hall–Kier alpha value is -2.76. The van der Waals surface area contributed by atoms with E-state index in [9.17, 15) is 0 Å². The van der Waals surface area contributed by atoms with Gasteiger partial charge >= 0.3 is 0 Å². The van der Waals surface area contributed by atoms with Crippen molar-refractivity contribution in [2.24, 2.45) is 16.2 Å². The zero-order valence-electron chi connectivity index (χ0n) is 15.8. The molecule has 1 unspecified atom stereocenters. The largest absolute Gasteiger partial charge is 0.493 e. The van der Waals surface area contributed by atoms with Crippen LogP contribution in [0.1, 0.15) is 24.8 Å². The molecule has 1 aromatic rings. The first kappa shape index (κ1) is 19.6. The molecule has 1 aromatic carbocycles. The van der Waals surface area contributed by atoms with Gasteiger partial charge in [0.25, 0.3) is 0 Å². The Morgan fingerprint density at radius 2 is 1.92 bits per heavy atom. The van der Waals surface area contributed by atoms with Gasteiger partial charge in [-0.25, -0.2) is 0 Å². The summed E-state index contributed by atoms with van der Waals surface area (Å²) in [5.41, 5.74) is 2.76. The van der Waals surface area contributed by atoms with E-state index in [1.807, 2.05) is 36.4 Å². The quantitative estimate of drug-likeness (QED) is 0.519. The monoisotopic (exact) mass is 358 g/mol. The average Bonchev–Trinajstić information content (AvgIpc) is 2.67. The van der Waals surface area contributed by atoms with Crippen LogP contribution < -0.4 is 9.47 Å². The Labute approximate surface area is 154 Å². The van der Waals surface area contributed by atoms with Gasteiger partial charge in [-0.3, -0.25) is 0 Å². The van der Waals surface area contributed by atoms with Gasteiger partial charge in [-0.1, -0.05) is 28.5 Å². The molecule has 0 amide bonds. The highest BCUT2D eigenvalue weighted by molar-refractivity contribution is 6.04. The molecule has 0 saturated heterocycles. The van der Waals surface area contributed by atoms with Crippen LogP contribution in [0.5, 0.6) is 11.5 Å². The summed E-state index contributed by atoms with van der Waals surface area (Å²) in [5.74, 6) is 1.64. The van der Waals surface area contributed by atoms with Crippen molar-refractivity contribution in [3.05, 3.63) is 42.0 Å². The second kappa shape index (κ2) is 10.3. The third kappa shape index (κ3) is 5.37. The number of hydrogen-bond acceptors (Lipinski definition) is 6. The van der Waals surface area contributed by atoms with E-state index in [0.29, 0.717) is 11.5 Å². The Morgan fingerprint density at radius 3 is 2.62 bits per heavy atom. The van der Waals surface area contributed by atoms with Crippen LogP contribution in [0.3, 0.4) is 0 Å². The summed E-state index contributed by atoms with van der Waals surface area (Å²) in [6, 6.07) is 5.76. The lowest BCUT2D eigenvalue weighted by atomic mass is 9.88. The fourth-order valence-corrected chi connectivity index (χ4v) is 2.86. The zero-order chi connectivity index (χ0) is 18.8. The molecule has 0 bridgehead atoms. The lowest BCUT2D eigenvalue weighted by Crippen LogP contribution is -2.19. The van der Waals surface area contributed by atoms with Crippen molar-refractivity contribution in [1.82, 2.24) is 0 Å². The molecule has 0 aliphatic heterocycles. The van der Waals surface area contributed by atoms with Crippen LogP contribution in [0.2, 0.25) is 0 Å². The fraction of sp³-hybridized carbons (Fsp3) is 0.400. The third-order valence-electron chi connectivity index (χ3n) is 4.13. The van der Waals surface area contributed by atoms with Gasteiger partial charge in [0.15, 0.2) is 11.5 Å². The van der Waals surface area contributed by atoms with E-state index in [0.717, 1.165) is 36.2 Å². The molecule has 0 N–H and O–H groups in total. The number of benzene rings is 1. The number of hydrogen-bond donors (Lipinski definition) is 0. The molecule has 0 radical (unpaired) electrons. The first-order valence-corrected chi connectivity index (χ1v) is 8.49. The van der Waals surface area contributed by atoms with Crippen LogP contribution in [0, 0.1) is 5.92 Å². The number of rotatable bonds is 8. The summed E-state index contributed by atoms with van der Waals surface area (Å²) in [6.45, 7) is 0. The zero-order valence-corrected chi connectivity index (χ0v) is 15.8. The molecule has 2 rings (SSSR count). The first-order chi connectivity index (χ1) is 12.7. The van der Waals surface area contributed by atoms with Crippen LogP contribution in [-0.4, -0.2) is 39.9 Å². The van der Waals surface area contributed by atoms with Crippen LogP contribution in [0.15, 0.2) is 46.7 Å². The number of ether oxygens (including phenoxy) is 2. The van der Waals surface area contributed by atoms with Gasteiger partial charge in [0.1, 0.15) is 14.2 Å². The van der Waals surface area contributed by atoms with E-state index in [-0.39, 0.29) is 5.92 Å². The maximum absolute atomic E-state index is 5.34. The minimum absolute atomic E-state index is 0.254. The van der Waals surface area contributed by atoms with Gasteiger partial charge < -0.3 is 19.1 Å². The van der Waals surface area contributed by atoms with Crippen LogP contribution in [-0.2, 0) is 9.68 Å². The lowest BCUT2D eigenvalue weighted by Gasteiger charge is -2.19. The summed E-state index contributed by atoms with van der Waals surface area (Å²) < 4.78 is 10.6. The fourth-order valence-electron chi connectivity index (χ4n) is 2.86. The van der Waals surface area contributed by atoms with Gasteiger partial charge in [-0.05, 0) is 42.7 Å². The first-order valence-electron chi connectivity index (χ1n) is 8.49. The van der Waals surface area contributed by atoms with Crippen LogP contribution in [0.25, 0.3) is 6.08 Å². The molecule has 0 spiro atoms. The summed E-state index contributed by atoms with van der Waals surface area (Å²) in [6.07, 6.45) is 10.8. The Morgan fingerprint density at radius 1 is 1.12 bits per heavy atom. The van der Waals surface area contributed by atoms with Crippen molar-refractivity contribution >= 4 is 17.5 Å². The third-order valence-corrected chi connectivity index (χ3v) is 4.13. The van der Waals surface area contributed by atoms with Crippen molar-refractivity contribution in [3.63, 3.8) is 0 Å². The van der Waals surface area contributed by atoms with Crippen molar-refractivity contribution in [2.75, 3.05) is 28.4 Å². The van der Waals surface area contributed by atoms with Gasteiger partial charge in [0.2, 0.25) is 0 Å². The minimum Gasteiger partial charge on any atom is -0.493 e. The van der Waals surface area contributed by atoms with E-state index in [4.69, 9.17) is 19.1 Å². The van der Waals surface area contributed by atoms with E-state index >= 15 is 0 Å². The molecular formula is C20H26N2O4. The predicted molar refractivity (Wildman–Crippen MR) is 104 cm³/mol. The van der Waals surface area contributed by atoms with E-state index < -0.39 is 0 Å². The number of oxime groups is 2. The van der Waals surface area contributed by atoms with Crippen molar-refractivity contribution in [3.8, 4) is 11.5 Å². The number of nitrogens with zero attached hydrogens (tertiary/aromatic N) is 2. The Kier molecular flexibility index (Phi) is 7.74. The highest BCUT2D eigenvalue weighted by Gasteiger charge is 2.19. The standard InChI is InChI=1S/C20H26N2O4/c1-23-19-12-10-15(13-20(19)24-2)9-11-17(21-25-3)14-16-7-5-6-8-18(16)22-26-4/h6,8-13,16H,5,7,14H2,1-4H3/b11-9+,21-17+,22-18+. The summed E-state index contributed by atoms with van der Waals surface area (Å²) >= 11 is 0. The molecule has 0 heterocycles. The van der Waals surface area contributed by atoms with Gasteiger partial charge in [0.05, 0.1) is 25.6 Å². The van der Waals surface area contributed by atoms with E-state index in [2.05, 4.69) is 16.4 Å². The molecule has 140 valence electrons. The summed E-state index contributed by atoms with van der Waals surface area (Å²) in [4.78, 5) is 9.97. The molecule has 6 heteroatoms. The molecule has 0 fully saturated rings. The molecule has 1 atom stereocenters. The summed E-state index contributed by atoms with van der Waals surface area (Å²) in [5, 5.41) is 8.28. The second-order valence-corrected chi connectivity index (χ2v) is 5.79. The molecule has 26 heavy (non-hydrogen) atoms. The molecule has 1 aliphatic carbocycles.